The highest BCUT2D eigenvalue weighted by Gasteiger charge is 2.54. The van der Waals surface area contributed by atoms with Crippen molar-refractivity contribution in [3.63, 3.8) is 0 Å². The Morgan fingerprint density at radius 3 is 2.37 bits per heavy atom. The SMILES string of the molecule is Cn1cnnc1C1(c2ccc(F)c(NC(=O)c3cc(CNCC(C)(C)C)cn(CC(F)(F)F)c3=O)c2)CC(C)(C)C1. The van der Waals surface area contributed by atoms with Gasteiger partial charge in [-0.05, 0) is 53.0 Å². The molecule has 0 bridgehead atoms. The number of benzene rings is 1. The third-order valence-electron chi connectivity index (χ3n) is 7.19. The molecule has 4 rings (SSSR count). The van der Waals surface area contributed by atoms with E-state index in [0.29, 0.717) is 40.9 Å². The highest BCUT2D eigenvalue weighted by atomic mass is 19.4. The van der Waals surface area contributed by atoms with Crippen LogP contribution in [0.2, 0.25) is 0 Å². The molecular weight excluding hydrogens is 540 g/mol. The molecular formula is C29H36F4N6O2. The molecule has 0 spiro atoms. The van der Waals surface area contributed by atoms with E-state index in [1.165, 1.54) is 18.2 Å². The molecule has 1 aliphatic rings. The second-order valence-corrected chi connectivity index (χ2v) is 13.0. The standard InChI is InChI=1S/C29H36F4N6O2/c1-26(2,3)15-34-11-18-9-20(24(41)39(12-18)16-29(31,32)33)23(40)36-22-10-19(7-8-21(22)30)28(13-27(4,5)14-28)25-37-35-17-38(25)6/h7-10,12,17,34H,11,13-16H2,1-6H3,(H,36,40). The van der Waals surface area contributed by atoms with Crippen LogP contribution in [0.25, 0.3) is 0 Å². The summed E-state index contributed by atoms with van der Waals surface area (Å²) in [6.45, 7) is 9.33. The molecule has 1 aliphatic carbocycles. The largest absolute Gasteiger partial charge is 0.406 e. The first kappa shape index (κ1) is 30.4. The number of hydrogen-bond acceptors (Lipinski definition) is 5. The van der Waals surface area contributed by atoms with Crippen molar-refractivity contribution in [2.45, 2.75) is 72.1 Å². The first-order chi connectivity index (χ1) is 18.9. The van der Waals surface area contributed by atoms with Gasteiger partial charge in [-0.1, -0.05) is 40.7 Å². The molecule has 3 aromatic rings. The summed E-state index contributed by atoms with van der Waals surface area (Å²) in [6.07, 6.45) is -0.592. The number of halogens is 4. The van der Waals surface area contributed by atoms with Crippen molar-refractivity contribution in [2.24, 2.45) is 17.9 Å². The Morgan fingerprint density at radius 1 is 1.12 bits per heavy atom. The molecule has 1 aromatic carbocycles. The quantitative estimate of drug-likeness (QED) is 0.361. The average molecular weight is 577 g/mol. The summed E-state index contributed by atoms with van der Waals surface area (Å²) in [5.74, 6) is -1.04. The summed E-state index contributed by atoms with van der Waals surface area (Å²) < 4.78 is 57.0. The number of pyridine rings is 1. The van der Waals surface area contributed by atoms with Gasteiger partial charge in [-0.25, -0.2) is 4.39 Å². The number of aryl methyl sites for hydroxylation is 1. The van der Waals surface area contributed by atoms with Crippen LogP contribution in [0.15, 0.2) is 41.6 Å². The minimum atomic E-state index is -4.68. The molecule has 0 saturated heterocycles. The molecule has 2 aromatic heterocycles. The molecule has 0 atom stereocenters. The van der Waals surface area contributed by atoms with E-state index in [4.69, 9.17) is 0 Å². The van der Waals surface area contributed by atoms with E-state index < -0.39 is 41.0 Å². The van der Waals surface area contributed by atoms with Crippen LogP contribution in [0.4, 0.5) is 23.2 Å². The molecule has 41 heavy (non-hydrogen) atoms. The number of hydrogen-bond donors (Lipinski definition) is 2. The first-order valence-corrected chi connectivity index (χ1v) is 13.4. The van der Waals surface area contributed by atoms with Crippen molar-refractivity contribution in [2.75, 3.05) is 11.9 Å². The first-order valence-electron chi connectivity index (χ1n) is 13.4. The molecule has 2 N–H and O–H groups in total. The third kappa shape index (κ3) is 6.86. The fraction of sp³-hybridized carbons (Fsp3) is 0.517. The summed E-state index contributed by atoms with van der Waals surface area (Å²) in [4.78, 5) is 26.3. The van der Waals surface area contributed by atoms with E-state index in [-0.39, 0.29) is 23.1 Å². The van der Waals surface area contributed by atoms with Gasteiger partial charge in [0.15, 0.2) is 0 Å². The molecule has 1 fully saturated rings. The van der Waals surface area contributed by atoms with Crippen LogP contribution in [0, 0.1) is 16.6 Å². The Hall–Kier alpha value is -3.54. The van der Waals surface area contributed by atoms with Gasteiger partial charge in [0, 0.05) is 26.3 Å². The molecule has 0 aliphatic heterocycles. The van der Waals surface area contributed by atoms with E-state index in [1.54, 1.807) is 17.0 Å². The topological polar surface area (TPSA) is 93.8 Å². The Balaban J connectivity index is 1.68. The van der Waals surface area contributed by atoms with Gasteiger partial charge in [0.25, 0.3) is 11.5 Å². The van der Waals surface area contributed by atoms with Crippen molar-refractivity contribution >= 4 is 11.6 Å². The van der Waals surface area contributed by atoms with Crippen LogP contribution in [-0.2, 0) is 25.6 Å². The van der Waals surface area contributed by atoms with Crippen molar-refractivity contribution in [3.05, 3.63) is 75.5 Å². The van der Waals surface area contributed by atoms with Gasteiger partial charge in [0.2, 0.25) is 0 Å². The molecule has 0 unspecified atom stereocenters. The summed E-state index contributed by atoms with van der Waals surface area (Å²) in [5, 5.41) is 13.9. The zero-order valence-electron chi connectivity index (χ0n) is 24.1. The summed E-state index contributed by atoms with van der Waals surface area (Å²) in [7, 11) is 1.82. The highest BCUT2D eigenvalue weighted by Crippen LogP contribution is 2.58. The van der Waals surface area contributed by atoms with Gasteiger partial charge in [0.1, 0.15) is 30.1 Å². The Morgan fingerprint density at radius 2 is 1.80 bits per heavy atom. The molecule has 222 valence electrons. The van der Waals surface area contributed by atoms with Gasteiger partial charge < -0.3 is 19.8 Å². The smallest absolute Gasteiger partial charge is 0.320 e. The van der Waals surface area contributed by atoms with Gasteiger partial charge in [-0.3, -0.25) is 9.59 Å². The third-order valence-corrected chi connectivity index (χ3v) is 7.19. The molecule has 0 radical (unpaired) electrons. The van der Waals surface area contributed by atoms with Crippen molar-refractivity contribution < 1.29 is 22.4 Å². The van der Waals surface area contributed by atoms with E-state index >= 15 is 0 Å². The minimum absolute atomic E-state index is 0.00518. The fourth-order valence-electron chi connectivity index (χ4n) is 5.75. The second-order valence-electron chi connectivity index (χ2n) is 13.0. The number of carbonyl (C=O) groups is 1. The van der Waals surface area contributed by atoms with Gasteiger partial charge in [-0.15, -0.1) is 10.2 Å². The van der Waals surface area contributed by atoms with Crippen LogP contribution in [0.3, 0.4) is 0 Å². The lowest BCUT2D eigenvalue weighted by atomic mass is 9.51. The fourth-order valence-corrected chi connectivity index (χ4v) is 5.75. The molecule has 1 amide bonds. The number of nitrogens with zero attached hydrogens (tertiary/aromatic N) is 4. The lowest BCUT2D eigenvalue weighted by Crippen LogP contribution is -2.49. The van der Waals surface area contributed by atoms with Gasteiger partial charge >= 0.3 is 6.18 Å². The molecule has 8 nitrogen and oxygen atoms in total. The number of amides is 1. The Labute approximate surface area is 236 Å². The summed E-state index contributed by atoms with van der Waals surface area (Å²) in [5.41, 5.74) is -1.46. The number of carbonyl (C=O) groups excluding carboxylic acids is 1. The second kappa shape index (κ2) is 10.7. The lowest BCUT2D eigenvalue weighted by molar-refractivity contribution is -0.141. The van der Waals surface area contributed by atoms with Crippen LogP contribution in [0.1, 0.15) is 74.8 Å². The highest BCUT2D eigenvalue weighted by molar-refractivity contribution is 6.04. The van der Waals surface area contributed by atoms with Gasteiger partial charge in [0.05, 0.1) is 11.1 Å². The molecule has 12 heteroatoms. The van der Waals surface area contributed by atoms with E-state index in [0.717, 1.165) is 6.20 Å². The van der Waals surface area contributed by atoms with E-state index in [1.807, 2.05) is 27.8 Å². The zero-order valence-corrected chi connectivity index (χ0v) is 24.1. The average Bonchev–Trinajstić information content (AvgIpc) is 3.24. The van der Waals surface area contributed by atoms with Crippen molar-refractivity contribution in [1.82, 2.24) is 24.6 Å². The number of nitrogens with one attached hydrogen (secondary N) is 2. The summed E-state index contributed by atoms with van der Waals surface area (Å²) in [6, 6.07) is 5.60. The van der Waals surface area contributed by atoms with Gasteiger partial charge in [-0.2, -0.15) is 13.2 Å². The minimum Gasteiger partial charge on any atom is -0.320 e. The number of anilines is 1. The maximum atomic E-state index is 15.0. The monoisotopic (exact) mass is 576 g/mol. The number of rotatable bonds is 8. The van der Waals surface area contributed by atoms with E-state index in [2.05, 4.69) is 34.7 Å². The maximum Gasteiger partial charge on any atom is 0.406 e. The van der Waals surface area contributed by atoms with Crippen molar-refractivity contribution in [1.29, 1.82) is 0 Å². The normalized spacial score (nSPS) is 16.3. The Kier molecular flexibility index (Phi) is 7.94. The lowest BCUT2D eigenvalue weighted by Gasteiger charge is -2.52. The van der Waals surface area contributed by atoms with Crippen LogP contribution >= 0.6 is 0 Å². The Bertz CT molecular complexity index is 1490. The van der Waals surface area contributed by atoms with E-state index in [9.17, 15) is 27.2 Å². The van der Waals surface area contributed by atoms with Crippen LogP contribution in [-0.4, -0.2) is 38.0 Å². The summed E-state index contributed by atoms with van der Waals surface area (Å²) >= 11 is 0. The predicted molar refractivity (Wildman–Crippen MR) is 147 cm³/mol. The van der Waals surface area contributed by atoms with Crippen LogP contribution in [0.5, 0.6) is 0 Å². The maximum absolute atomic E-state index is 15.0. The number of aromatic nitrogens is 4. The molecule has 1 saturated carbocycles. The predicted octanol–water partition coefficient (Wildman–Crippen LogP) is 5.17. The van der Waals surface area contributed by atoms with Crippen LogP contribution < -0.4 is 16.2 Å². The number of alkyl halides is 3. The molecule has 2 heterocycles. The zero-order chi connectivity index (χ0) is 30.4. The van der Waals surface area contributed by atoms with Crippen molar-refractivity contribution in [3.8, 4) is 0 Å².